The van der Waals surface area contributed by atoms with Crippen LogP contribution in [0.3, 0.4) is 0 Å². The Labute approximate surface area is 136 Å². The zero-order valence-electron chi connectivity index (χ0n) is 13.5. The van der Waals surface area contributed by atoms with Crippen LogP contribution in [0.15, 0.2) is 23.0 Å². The SMILES string of the molecule is C[C@H](NC(=O)c1ccoc1)C(=O)N[C@@H]1C[C@H]2C[C@H]1[C@@H]1CCC[C@@H]21. The Bertz CT molecular complexity index is 597. The monoisotopic (exact) mass is 316 g/mol. The van der Waals surface area contributed by atoms with Crippen LogP contribution in [0.4, 0.5) is 0 Å². The maximum Gasteiger partial charge on any atom is 0.255 e. The average Bonchev–Trinajstić information content (AvgIpc) is 3.28. The quantitative estimate of drug-likeness (QED) is 0.895. The van der Waals surface area contributed by atoms with Crippen LogP contribution >= 0.6 is 0 Å². The van der Waals surface area contributed by atoms with Crippen molar-refractivity contribution in [1.29, 1.82) is 0 Å². The Hall–Kier alpha value is -1.78. The number of rotatable bonds is 4. The molecule has 5 heteroatoms. The molecule has 2 amide bonds. The fraction of sp³-hybridized carbons (Fsp3) is 0.667. The van der Waals surface area contributed by atoms with E-state index in [1.165, 1.54) is 38.2 Å². The highest BCUT2D eigenvalue weighted by molar-refractivity contribution is 5.97. The summed E-state index contributed by atoms with van der Waals surface area (Å²) in [5.41, 5.74) is 0.443. The number of fused-ring (bicyclic) bond motifs is 5. The number of nitrogens with one attached hydrogen (secondary N) is 2. The summed E-state index contributed by atoms with van der Waals surface area (Å²) < 4.78 is 4.90. The second-order valence-electron chi connectivity index (χ2n) is 7.48. The van der Waals surface area contributed by atoms with Crippen molar-refractivity contribution in [2.75, 3.05) is 0 Å². The molecule has 0 aliphatic heterocycles. The minimum absolute atomic E-state index is 0.0751. The van der Waals surface area contributed by atoms with Gasteiger partial charge in [-0.3, -0.25) is 9.59 Å². The Morgan fingerprint density at radius 3 is 2.83 bits per heavy atom. The van der Waals surface area contributed by atoms with Crippen molar-refractivity contribution in [3.63, 3.8) is 0 Å². The van der Waals surface area contributed by atoms with Crippen molar-refractivity contribution in [2.24, 2.45) is 23.7 Å². The molecule has 1 aromatic rings. The van der Waals surface area contributed by atoms with Crippen LogP contribution < -0.4 is 10.6 Å². The van der Waals surface area contributed by atoms with E-state index in [1.807, 2.05) is 0 Å². The Kier molecular flexibility index (Phi) is 3.66. The molecule has 1 heterocycles. The molecule has 3 aliphatic carbocycles. The molecule has 0 unspecified atom stereocenters. The van der Waals surface area contributed by atoms with E-state index in [1.54, 1.807) is 13.0 Å². The third kappa shape index (κ3) is 2.56. The van der Waals surface area contributed by atoms with Crippen molar-refractivity contribution >= 4 is 11.8 Å². The highest BCUT2D eigenvalue weighted by atomic mass is 16.3. The summed E-state index contributed by atoms with van der Waals surface area (Å²) in [6.07, 6.45) is 9.34. The first-order valence-corrected chi connectivity index (χ1v) is 8.77. The van der Waals surface area contributed by atoms with Crippen LogP contribution in [0, 0.1) is 23.7 Å². The first kappa shape index (κ1) is 14.8. The fourth-order valence-electron chi connectivity index (χ4n) is 5.28. The van der Waals surface area contributed by atoms with Crippen molar-refractivity contribution in [3.8, 4) is 0 Å². The van der Waals surface area contributed by atoms with E-state index in [2.05, 4.69) is 10.6 Å². The molecule has 3 fully saturated rings. The molecule has 124 valence electrons. The van der Waals surface area contributed by atoms with Gasteiger partial charge in [-0.05, 0) is 62.3 Å². The third-order valence-electron chi connectivity index (χ3n) is 6.28. The lowest BCUT2D eigenvalue weighted by Gasteiger charge is -2.32. The number of hydrogen-bond donors (Lipinski definition) is 2. The highest BCUT2D eigenvalue weighted by Gasteiger charge is 2.54. The largest absolute Gasteiger partial charge is 0.472 e. The van der Waals surface area contributed by atoms with Gasteiger partial charge in [0.1, 0.15) is 12.3 Å². The van der Waals surface area contributed by atoms with Gasteiger partial charge in [-0.1, -0.05) is 6.42 Å². The van der Waals surface area contributed by atoms with E-state index in [0.29, 0.717) is 17.5 Å². The predicted octanol–water partition coefficient (Wildman–Crippen LogP) is 2.34. The lowest BCUT2D eigenvalue weighted by atomic mass is 9.79. The molecule has 0 aromatic carbocycles. The van der Waals surface area contributed by atoms with Gasteiger partial charge in [0.2, 0.25) is 5.91 Å². The number of carbonyl (C=O) groups excluding carboxylic acids is 2. The molecule has 3 saturated carbocycles. The minimum Gasteiger partial charge on any atom is -0.472 e. The van der Waals surface area contributed by atoms with E-state index in [4.69, 9.17) is 4.42 Å². The molecule has 6 atom stereocenters. The molecule has 1 aromatic heterocycles. The van der Waals surface area contributed by atoms with E-state index in [0.717, 1.165) is 24.2 Å². The van der Waals surface area contributed by atoms with Crippen molar-refractivity contribution in [2.45, 2.75) is 51.1 Å². The second-order valence-corrected chi connectivity index (χ2v) is 7.48. The first-order chi connectivity index (χ1) is 11.1. The fourth-order valence-corrected chi connectivity index (χ4v) is 5.28. The van der Waals surface area contributed by atoms with Gasteiger partial charge in [0.05, 0.1) is 11.8 Å². The topological polar surface area (TPSA) is 71.3 Å². The van der Waals surface area contributed by atoms with Gasteiger partial charge in [-0.25, -0.2) is 0 Å². The number of carbonyl (C=O) groups is 2. The Morgan fingerprint density at radius 1 is 1.22 bits per heavy atom. The smallest absolute Gasteiger partial charge is 0.255 e. The number of hydrogen-bond acceptors (Lipinski definition) is 3. The van der Waals surface area contributed by atoms with Gasteiger partial charge in [0.15, 0.2) is 0 Å². The zero-order chi connectivity index (χ0) is 16.0. The average molecular weight is 316 g/mol. The van der Waals surface area contributed by atoms with E-state index in [-0.39, 0.29) is 11.8 Å². The van der Waals surface area contributed by atoms with Crippen LogP contribution in [0.2, 0.25) is 0 Å². The summed E-state index contributed by atoms with van der Waals surface area (Å²) in [6.45, 7) is 1.74. The summed E-state index contributed by atoms with van der Waals surface area (Å²) in [5, 5.41) is 5.93. The van der Waals surface area contributed by atoms with Gasteiger partial charge in [-0.15, -0.1) is 0 Å². The summed E-state index contributed by atoms with van der Waals surface area (Å²) in [6, 6.07) is 1.37. The van der Waals surface area contributed by atoms with Crippen molar-refractivity contribution < 1.29 is 14.0 Å². The molecule has 0 saturated heterocycles. The van der Waals surface area contributed by atoms with Crippen LogP contribution in [0.1, 0.15) is 49.4 Å². The lowest BCUT2D eigenvalue weighted by molar-refractivity contribution is -0.123. The molecule has 0 radical (unpaired) electrons. The standard InChI is InChI=1S/C18H24N2O3/c1-10(19-18(22)11-5-6-23-9-11)17(21)20-16-8-12-7-15(16)14-4-2-3-13(12)14/h5-6,9-10,12-16H,2-4,7-8H2,1H3,(H,19,22)(H,20,21)/t10-,12+,13-,14+,15-,16+/m0/s1. The molecule has 2 N–H and O–H groups in total. The van der Waals surface area contributed by atoms with Crippen LogP contribution in [0.25, 0.3) is 0 Å². The van der Waals surface area contributed by atoms with Gasteiger partial charge in [0, 0.05) is 6.04 Å². The zero-order valence-corrected chi connectivity index (χ0v) is 13.5. The predicted molar refractivity (Wildman–Crippen MR) is 84.6 cm³/mol. The van der Waals surface area contributed by atoms with Crippen LogP contribution in [-0.2, 0) is 4.79 Å². The summed E-state index contributed by atoms with van der Waals surface area (Å²) in [5.74, 6) is 2.88. The molecular formula is C18H24N2O3. The van der Waals surface area contributed by atoms with Gasteiger partial charge in [-0.2, -0.15) is 0 Å². The normalized spacial score (nSPS) is 35.8. The Morgan fingerprint density at radius 2 is 2.04 bits per heavy atom. The molecule has 5 nitrogen and oxygen atoms in total. The highest BCUT2D eigenvalue weighted by Crippen LogP contribution is 2.58. The summed E-state index contributed by atoms with van der Waals surface area (Å²) >= 11 is 0. The van der Waals surface area contributed by atoms with Crippen LogP contribution in [-0.4, -0.2) is 23.9 Å². The molecule has 2 bridgehead atoms. The van der Waals surface area contributed by atoms with Gasteiger partial charge in [0.25, 0.3) is 5.91 Å². The van der Waals surface area contributed by atoms with E-state index in [9.17, 15) is 9.59 Å². The number of furan rings is 1. The molecule has 3 aliphatic rings. The van der Waals surface area contributed by atoms with E-state index < -0.39 is 6.04 Å². The molecule has 4 rings (SSSR count). The molecule has 23 heavy (non-hydrogen) atoms. The third-order valence-corrected chi connectivity index (χ3v) is 6.28. The maximum absolute atomic E-state index is 12.4. The minimum atomic E-state index is -0.532. The van der Waals surface area contributed by atoms with Gasteiger partial charge >= 0.3 is 0 Å². The van der Waals surface area contributed by atoms with Gasteiger partial charge < -0.3 is 15.1 Å². The lowest BCUT2D eigenvalue weighted by Crippen LogP contribution is -2.50. The second kappa shape index (κ2) is 5.69. The maximum atomic E-state index is 12.4. The van der Waals surface area contributed by atoms with Crippen molar-refractivity contribution in [3.05, 3.63) is 24.2 Å². The van der Waals surface area contributed by atoms with E-state index >= 15 is 0 Å². The summed E-state index contributed by atoms with van der Waals surface area (Å²) in [7, 11) is 0. The summed E-state index contributed by atoms with van der Waals surface area (Å²) in [4.78, 5) is 24.4. The molecule has 0 spiro atoms. The van der Waals surface area contributed by atoms with Crippen LogP contribution in [0.5, 0.6) is 0 Å². The van der Waals surface area contributed by atoms with Crippen molar-refractivity contribution in [1.82, 2.24) is 10.6 Å². The number of amides is 2. The Balaban J connectivity index is 1.33. The first-order valence-electron chi connectivity index (χ1n) is 8.77. The molecular weight excluding hydrogens is 292 g/mol.